The van der Waals surface area contributed by atoms with E-state index in [2.05, 4.69) is 15.0 Å². The summed E-state index contributed by atoms with van der Waals surface area (Å²) in [7, 11) is 0. The molecule has 1 aromatic carbocycles. The highest BCUT2D eigenvalue weighted by atomic mass is 19.3. The summed E-state index contributed by atoms with van der Waals surface area (Å²) in [5, 5.41) is 20.0. The fourth-order valence-corrected chi connectivity index (χ4v) is 3.03. The van der Waals surface area contributed by atoms with Crippen LogP contribution >= 0.6 is 0 Å². The van der Waals surface area contributed by atoms with Crippen molar-refractivity contribution in [2.24, 2.45) is 0 Å². The zero-order valence-corrected chi connectivity index (χ0v) is 16.1. The number of aryl methyl sites for hydroxylation is 1. The molecular formula is C20H13F3N6O2. The first-order valence-electron chi connectivity index (χ1n) is 8.78. The largest absolute Gasteiger partial charge is 0.356 e. The number of carbonyl (C=O) groups is 1. The molecule has 0 saturated heterocycles. The van der Waals surface area contributed by atoms with Crippen molar-refractivity contribution in [1.29, 1.82) is 10.5 Å². The van der Waals surface area contributed by atoms with Crippen LogP contribution in [0.4, 0.5) is 13.2 Å². The number of carbonyl (C=O) groups excluding carboxylic acids is 1. The Morgan fingerprint density at radius 1 is 1.23 bits per heavy atom. The molecule has 3 aromatic rings. The van der Waals surface area contributed by atoms with Gasteiger partial charge in [0.25, 0.3) is 11.5 Å². The van der Waals surface area contributed by atoms with Crippen molar-refractivity contribution in [3.8, 4) is 12.1 Å². The zero-order chi connectivity index (χ0) is 22.9. The number of amides is 1. The number of halogens is 3. The van der Waals surface area contributed by atoms with Crippen LogP contribution in [0.25, 0.3) is 10.9 Å². The van der Waals surface area contributed by atoms with Crippen molar-refractivity contribution < 1.29 is 18.0 Å². The number of pyridine rings is 1. The minimum Gasteiger partial charge on any atom is -0.341 e. The smallest absolute Gasteiger partial charge is 0.341 e. The minimum atomic E-state index is -4.42. The first-order valence-corrected chi connectivity index (χ1v) is 8.78. The molecule has 0 spiro atoms. The van der Waals surface area contributed by atoms with E-state index in [0.717, 1.165) is 24.5 Å². The number of rotatable bonds is 4. The van der Waals surface area contributed by atoms with E-state index in [1.54, 1.807) is 6.07 Å². The Labute approximate surface area is 173 Å². The normalized spacial score (nSPS) is 12.1. The van der Waals surface area contributed by atoms with Crippen LogP contribution in [0.1, 0.15) is 41.0 Å². The molecular weight excluding hydrogens is 413 g/mol. The van der Waals surface area contributed by atoms with Gasteiger partial charge in [-0.1, -0.05) is 0 Å². The fourth-order valence-electron chi connectivity index (χ4n) is 3.03. The van der Waals surface area contributed by atoms with Crippen molar-refractivity contribution in [1.82, 2.24) is 20.3 Å². The van der Waals surface area contributed by atoms with Gasteiger partial charge in [-0.05, 0) is 31.5 Å². The van der Waals surface area contributed by atoms with Gasteiger partial charge in [0, 0.05) is 17.8 Å². The third kappa shape index (κ3) is 3.69. The number of hydrogen-bond donors (Lipinski definition) is 2. The Bertz CT molecular complexity index is 1340. The summed E-state index contributed by atoms with van der Waals surface area (Å²) in [4.78, 5) is 34.5. The van der Waals surface area contributed by atoms with E-state index in [1.165, 1.54) is 19.9 Å². The predicted molar refractivity (Wildman–Crippen MR) is 101 cm³/mol. The molecule has 2 N–H and O–H groups in total. The second kappa shape index (κ2) is 7.88. The Hall–Kier alpha value is -4.25. The average Bonchev–Trinajstić information content (AvgIpc) is 2.75. The summed E-state index contributed by atoms with van der Waals surface area (Å²) < 4.78 is 44.1. The first-order chi connectivity index (χ1) is 14.6. The Morgan fingerprint density at radius 3 is 2.45 bits per heavy atom. The molecule has 2 heterocycles. The van der Waals surface area contributed by atoms with Crippen LogP contribution in [0.2, 0.25) is 0 Å². The molecule has 1 atom stereocenters. The van der Waals surface area contributed by atoms with Crippen LogP contribution in [0.3, 0.4) is 0 Å². The lowest BCUT2D eigenvalue weighted by Gasteiger charge is -2.20. The van der Waals surface area contributed by atoms with Crippen LogP contribution in [-0.4, -0.2) is 20.9 Å². The van der Waals surface area contributed by atoms with Gasteiger partial charge in [-0.15, -0.1) is 0 Å². The van der Waals surface area contributed by atoms with E-state index in [-0.39, 0.29) is 27.9 Å². The van der Waals surface area contributed by atoms with Crippen LogP contribution in [0.5, 0.6) is 0 Å². The number of H-pyrrole nitrogens is 1. The lowest BCUT2D eigenvalue weighted by Crippen LogP contribution is -2.43. The van der Waals surface area contributed by atoms with Gasteiger partial charge in [-0.25, -0.2) is 14.4 Å². The predicted octanol–water partition coefficient (Wildman–Crippen LogP) is 2.48. The van der Waals surface area contributed by atoms with Gasteiger partial charge in [-0.3, -0.25) is 9.59 Å². The van der Waals surface area contributed by atoms with Crippen molar-refractivity contribution in [3.05, 3.63) is 68.8 Å². The number of nitrogens with zero attached hydrogens (tertiary/aromatic N) is 4. The highest BCUT2D eigenvalue weighted by molar-refractivity contribution is 5.92. The lowest BCUT2D eigenvalue weighted by atomic mass is 9.96. The summed E-state index contributed by atoms with van der Waals surface area (Å²) in [6, 6.07) is 4.37. The van der Waals surface area contributed by atoms with Crippen LogP contribution in [-0.2, 0) is 10.7 Å². The van der Waals surface area contributed by atoms with Gasteiger partial charge < -0.3 is 10.3 Å². The van der Waals surface area contributed by atoms with E-state index >= 15 is 8.78 Å². The van der Waals surface area contributed by atoms with Gasteiger partial charge in [0.2, 0.25) is 0 Å². The van der Waals surface area contributed by atoms with Crippen molar-refractivity contribution in [2.45, 2.75) is 25.8 Å². The molecule has 1 amide bonds. The number of hydrogen-bond acceptors (Lipinski definition) is 6. The SMILES string of the molecule is Cc1c(F)ccc2[nH]c(=O)c(C(F)(F)C(=O)N[C@@H](C)c3ncc(C#N)cn3)c(C#N)c12. The summed E-state index contributed by atoms with van der Waals surface area (Å²) >= 11 is 0. The van der Waals surface area contributed by atoms with E-state index in [4.69, 9.17) is 5.26 Å². The molecule has 8 nitrogen and oxygen atoms in total. The molecule has 0 aliphatic heterocycles. The number of fused-ring (bicyclic) bond motifs is 1. The van der Waals surface area contributed by atoms with Crippen molar-refractivity contribution in [3.63, 3.8) is 0 Å². The number of nitriles is 2. The molecule has 0 aliphatic rings. The highest BCUT2D eigenvalue weighted by Crippen LogP contribution is 2.33. The molecule has 0 unspecified atom stereocenters. The maximum atomic E-state index is 15.1. The van der Waals surface area contributed by atoms with Gasteiger partial charge in [0.1, 0.15) is 29.3 Å². The number of nitrogens with one attached hydrogen (secondary N) is 2. The van der Waals surface area contributed by atoms with Crippen LogP contribution in [0, 0.1) is 35.4 Å². The van der Waals surface area contributed by atoms with Crippen molar-refractivity contribution >= 4 is 16.8 Å². The fraction of sp³-hybridized carbons (Fsp3) is 0.200. The zero-order valence-electron chi connectivity index (χ0n) is 16.1. The summed E-state index contributed by atoms with van der Waals surface area (Å²) in [6.07, 6.45) is 2.31. The molecule has 0 aliphatic carbocycles. The Balaban J connectivity index is 2.06. The van der Waals surface area contributed by atoms with Crippen LogP contribution < -0.4 is 10.9 Å². The molecule has 0 fully saturated rings. The number of aromatic nitrogens is 3. The van der Waals surface area contributed by atoms with Gasteiger partial charge >= 0.3 is 5.92 Å². The Kier molecular flexibility index (Phi) is 5.45. The molecule has 156 valence electrons. The molecule has 3 rings (SSSR count). The molecule has 0 saturated carbocycles. The third-order valence-corrected chi connectivity index (χ3v) is 4.62. The average molecular weight is 426 g/mol. The molecule has 0 bridgehead atoms. The lowest BCUT2D eigenvalue weighted by molar-refractivity contribution is -0.148. The van der Waals surface area contributed by atoms with Crippen LogP contribution in [0.15, 0.2) is 29.3 Å². The number of aromatic amines is 1. The van der Waals surface area contributed by atoms with Gasteiger partial charge in [-0.2, -0.15) is 19.3 Å². The quantitative estimate of drug-likeness (QED) is 0.658. The van der Waals surface area contributed by atoms with Gasteiger partial charge in [0.05, 0.1) is 22.7 Å². The van der Waals surface area contributed by atoms with E-state index < -0.39 is 40.4 Å². The van der Waals surface area contributed by atoms with E-state index in [1.807, 2.05) is 5.32 Å². The Morgan fingerprint density at radius 2 is 1.87 bits per heavy atom. The first kappa shape index (κ1) is 21.5. The van der Waals surface area contributed by atoms with E-state index in [9.17, 15) is 19.2 Å². The summed E-state index contributed by atoms with van der Waals surface area (Å²) in [5.74, 6) is -7.11. The standard InChI is InChI=1S/C20H13F3N6O2/c1-9-13(21)3-4-14-15(9)12(6-25)16(18(30)29-14)20(22,23)19(31)28-10(2)17-26-7-11(5-24)8-27-17/h3-4,7-8,10H,1-2H3,(H,28,31)(H,29,30)/t10-/m0/s1. The summed E-state index contributed by atoms with van der Waals surface area (Å²) in [5.41, 5.74) is -3.53. The van der Waals surface area contributed by atoms with Gasteiger partial charge in [0.15, 0.2) is 0 Å². The second-order valence-corrected chi connectivity index (χ2v) is 6.62. The monoisotopic (exact) mass is 426 g/mol. The maximum absolute atomic E-state index is 15.1. The molecule has 31 heavy (non-hydrogen) atoms. The third-order valence-electron chi connectivity index (χ3n) is 4.62. The minimum absolute atomic E-state index is 0.0141. The molecule has 0 radical (unpaired) electrons. The van der Waals surface area contributed by atoms with E-state index in [0.29, 0.717) is 0 Å². The molecule has 11 heteroatoms. The summed E-state index contributed by atoms with van der Waals surface area (Å²) in [6.45, 7) is 2.59. The second-order valence-electron chi connectivity index (χ2n) is 6.62. The highest BCUT2D eigenvalue weighted by Gasteiger charge is 2.46. The topological polar surface area (TPSA) is 135 Å². The number of benzene rings is 1. The molecule has 2 aromatic heterocycles. The number of alkyl halides is 2. The van der Waals surface area contributed by atoms with Crippen molar-refractivity contribution in [2.75, 3.05) is 0 Å². The maximum Gasteiger partial charge on any atom is 0.356 e.